The Balaban J connectivity index is 1.85. The van der Waals surface area contributed by atoms with Crippen molar-refractivity contribution >= 4 is 11.8 Å². The van der Waals surface area contributed by atoms with Crippen molar-refractivity contribution < 1.29 is 4.74 Å². The molecule has 0 bridgehead atoms. The molecular formula is C14H16N2OS. The van der Waals surface area contributed by atoms with Gasteiger partial charge in [0.1, 0.15) is 6.33 Å². The molecule has 0 spiro atoms. The zero-order chi connectivity index (χ0) is 12.6. The Hall–Kier alpha value is -1.39. The van der Waals surface area contributed by atoms with Gasteiger partial charge < -0.3 is 4.74 Å². The molecule has 18 heavy (non-hydrogen) atoms. The van der Waals surface area contributed by atoms with E-state index in [1.54, 1.807) is 19.6 Å². The molecule has 0 aliphatic heterocycles. The van der Waals surface area contributed by atoms with Crippen LogP contribution in [-0.4, -0.2) is 22.8 Å². The van der Waals surface area contributed by atoms with Crippen molar-refractivity contribution in [1.82, 2.24) is 9.97 Å². The first kappa shape index (κ1) is 13.1. The van der Waals surface area contributed by atoms with Crippen LogP contribution in [0.4, 0.5) is 0 Å². The maximum absolute atomic E-state index is 5.52. The summed E-state index contributed by atoms with van der Waals surface area (Å²) in [5, 5.41) is 0. The van der Waals surface area contributed by atoms with Crippen molar-refractivity contribution in [2.24, 2.45) is 0 Å². The number of nitrogens with zero attached hydrogens (tertiary/aromatic N) is 2. The standard InChI is InChI=1S/C14H16N2OS/c1-17-14(12-5-3-2-4-6-12)10-18-9-13-7-8-15-11-16-13/h2-8,11,14H,9-10H2,1H3. The molecule has 0 N–H and O–H groups in total. The third kappa shape index (κ3) is 3.82. The largest absolute Gasteiger partial charge is 0.376 e. The molecule has 1 unspecified atom stereocenters. The molecule has 1 aromatic carbocycles. The molecule has 1 atom stereocenters. The minimum Gasteiger partial charge on any atom is -0.376 e. The average Bonchev–Trinajstić information content (AvgIpc) is 2.46. The van der Waals surface area contributed by atoms with Crippen molar-refractivity contribution in [2.45, 2.75) is 11.9 Å². The maximum atomic E-state index is 5.52. The van der Waals surface area contributed by atoms with Crippen LogP contribution in [0.1, 0.15) is 17.4 Å². The summed E-state index contributed by atoms with van der Waals surface area (Å²) in [6, 6.07) is 12.2. The Morgan fingerprint density at radius 1 is 1.22 bits per heavy atom. The molecule has 0 aliphatic rings. The van der Waals surface area contributed by atoms with Gasteiger partial charge >= 0.3 is 0 Å². The van der Waals surface area contributed by atoms with Gasteiger partial charge in [-0.15, -0.1) is 0 Å². The molecule has 3 nitrogen and oxygen atoms in total. The fourth-order valence-electron chi connectivity index (χ4n) is 1.64. The molecule has 0 amide bonds. The van der Waals surface area contributed by atoms with E-state index in [0.29, 0.717) is 0 Å². The summed E-state index contributed by atoms with van der Waals surface area (Å²) < 4.78 is 5.52. The maximum Gasteiger partial charge on any atom is 0.115 e. The fourth-order valence-corrected chi connectivity index (χ4v) is 2.68. The van der Waals surface area contributed by atoms with E-state index in [2.05, 4.69) is 22.1 Å². The molecule has 4 heteroatoms. The monoisotopic (exact) mass is 260 g/mol. The highest BCUT2D eigenvalue weighted by Crippen LogP contribution is 2.22. The highest BCUT2D eigenvalue weighted by Gasteiger charge is 2.09. The summed E-state index contributed by atoms with van der Waals surface area (Å²) in [5.41, 5.74) is 2.27. The first-order valence-electron chi connectivity index (χ1n) is 5.80. The second-order valence-corrected chi connectivity index (χ2v) is 4.88. The number of thioether (sulfide) groups is 1. The second-order valence-electron chi connectivity index (χ2n) is 3.85. The first-order valence-corrected chi connectivity index (χ1v) is 6.96. The SMILES string of the molecule is COC(CSCc1ccncn1)c1ccccc1. The summed E-state index contributed by atoms with van der Waals surface area (Å²) in [4.78, 5) is 8.11. The second kappa shape index (κ2) is 7.13. The van der Waals surface area contributed by atoms with Gasteiger partial charge in [0, 0.05) is 24.8 Å². The van der Waals surface area contributed by atoms with Crippen LogP contribution < -0.4 is 0 Å². The predicted octanol–water partition coefficient (Wildman–Crippen LogP) is 3.10. The van der Waals surface area contributed by atoms with Gasteiger partial charge in [0.25, 0.3) is 0 Å². The zero-order valence-corrected chi connectivity index (χ0v) is 11.1. The Morgan fingerprint density at radius 3 is 2.72 bits per heavy atom. The lowest BCUT2D eigenvalue weighted by atomic mass is 10.1. The van der Waals surface area contributed by atoms with Crippen molar-refractivity contribution in [3.63, 3.8) is 0 Å². The van der Waals surface area contributed by atoms with E-state index in [1.165, 1.54) is 5.56 Å². The predicted molar refractivity (Wildman–Crippen MR) is 74.4 cm³/mol. The Bertz CT molecular complexity index is 450. The molecule has 0 aliphatic carbocycles. The molecular weight excluding hydrogens is 244 g/mol. The van der Waals surface area contributed by atoms with E-state index in [4.69, 9.17) is 4.74 Å². The molecule has 2 rings (SSSR count). The number of rotatable bonds is 6. The highest BCUT2D eigenvalue weighted by atomic mass is 32.2. The number of methoxy groups -OCH3 is 1. The fraction of sp³-hybridized carbons (Fsp3) is 0.286. The van der Waals surface area contributed by atoms with Gasteiger partial charge in [0.2, 0.25) is 0 Å². The topological polar surface area (TPSA) is 35.0 Å². The van der Waals surface area contributed by atoms with Crippen LogP contribution in [0.3, 0.4) is 0 Å². The van der Waals surface area contributed by atoms with Crippen molar-refractivity contribution in [3.8, 4) is 0 Å². The number of benzene rings is 1. The lowest BCUT2D eigenvalue weighted by Gasteiger charge is -2.15. The number of hydrogen-bond acceptors (Lipinski definition) is 4. The van der Waals surface area contributed by atoms with Crippen LogP contribution in [0.15, 0.2) is 48.9 Å². The van der Waals surface area contributed by atoms with Crippen molar-refractivity contribution in [1.29, 1.82) is 0 Å². The molecule has 94 valence electrons. The molecule has 0 radical (unpaired) electrons. The van der Waals surface area contributed by atoms with Gasteiger partial charge in [-0.1, -0.05) is 30.3 Å². The molecule has 0 saturated heterocycles. The highest BCUT2D eigenvalue weighted by molar-refractivity contribution is 7.98. The normalized spacial score (nSPS) is 12.3. The van der Waals surface area contributed by atoms with Gasteiger partial charge in [-0.05, 0) is 11.6 Å². The Labute approximate surface area is 112 Å². The minimum absolute atomic E-state index is 0.137. The van der Waals surface area contributed by atoms with Crippen molar-refractivity contribution in [3.05, 3.63) is 60.2 Å². The number of ether oxygens (including phenoxy) is 1. The molecule has 1 aromatic heterocycles. The van der Waals surface area contributed by atoms with Crippen LogP contribution in [0.5, 0.6) is 0 Å². The lowest BCUT2D eigenvalue weighted by molar-refractivity contribution is 0.123. The van der Waals surface area contributed by atoms with E-state index >= 15 is 0 Å². The van der Waals surface area contributed by atoms with Gasteiger partial charge in [-0.3, -0.25) is 0 Å². The summed E-state index contributed by atoms with van der Waals surface area (Å²) in [7, 11) is 1.75. The van der Waals surface area contributed by atoms with Crippen molar-refractivity contribution in [2.75, 3.05) is 12.9 Å². The smallest absolute Gasteiger partial charge is 0.115 e. The number of hydrogen-bond donors (Lipinski definition) is 0. The third-order valence-electron chi connectivity index (χ3n) is 2.62. The minimum atomic E-state index is 0.137. The Morgan fingerprint density at radius 2 is 2.06 bits per heavy atom. The molecule has 0 fully saturated rings. The van der Waals surface area contributed by atoms with E-state index in [1.807, 2.05) is 36.0 Å². The van der Waals surface area contributed by atoms with Crippen LogP contribution in [0.2, 0.25) is 0 Å². The summed E-state index contributed by atoms with van der Waals surface area (Å²) in [6.07, 6.45) is 3.49. The van der Waals surface area contributed by atoms with Gasteiger partial charge in [0.15, 0.2) is 0 Å². The van der Waals surface area contributed by atoms with Gasteiger partial charge in [-0.2, -0.15) is 11.8 Å². The molecule has 0 saturated carbocycles. The van der Waals surface area contributed by atoms with Gasteiger partial charge in [-0.25, -0.2) is 9.97 Å². The summed E-state index contributed by atoms with van der Waals surface area (Å²) in [6.45, 7) is 0. The molecule has 2 aromatic rings. The van der Waals surface area contributed by atoms with E-state index < -0.39 is 0 Å². The van der Waals surface area contributed by atoms with Crippen LogP contribution >= 0.6 is 11.8 Å². The Kier molecular flexibility index (Phi) is 5.17. The quantitative estimate of drug-likeness (QED) is 0.799. The van der Waals surface area contributed by atoms with Crippen LogP contribution in [0.25, 0.3) is 0 Å². The van der Waals surface area contributed by atoms with E-state index in [0.717, 1.165) is 17.2 Å². The van der Waals surface area contributed by atoms with E-state index in [-0.39, 0.29) is 6.10 Å². The number of aromatic nitrogens is 2. The van der Waals surface area contributed by atoms with E-state index in [9.17, 15) is 0 Å². The summed E-state index contributed by atoms with van der Waals surface area (Å²) in [5.74, 6) is 1.81. The lowest BCUT2D eigenvalue weighted by Crippen LogP contribution is -2.04. The summed E-state index contributed by atoms with van der Waals surface area (Å²) >= 11 is 1.82. The first-order chi connectivity index (χ1) is 8.90. The van der Waals surface area contributed by atoms with Crippen LogP contribution in [0, 0.1) is 0 Å². The van der Waals surface area contributed by atoms with Crippen LogP contribution in [-0.2, 0) is 10.5 Å². The third-order valence-corrected chi connectivity index (χ3v) is 3.66. The molecule has 1 heterocycles. The zero-order valence-electron chi connectivity index (χ0n) is 10.3. The van der Waals surface area contributed by atoms with Gasteiger partial charge in [0.05, 0.1) is 11.8 Å². The average molecular weight is 260 g/mol.